The zero-order valence-electron chi connectivity index (χ0n) is 23.2. The molecule has 7 nitrogen and oxygen atoms in total. The number of hydrogen-bond donors (Lipinski definition) is 0. The molecule has 7 heteroatoms. The summed E-state index contributed by atoms with van der Waals surface area (Å²) in [5.41, 5.74) is 3.56. The van der Waals surface area contributed by atoms with Crippen LogP contribution in [-0.2, 0) is 16.1 Å². The molecule has 5 aromatic rings. The van der Waals surface area contributed by atoms with Gasteiger partial charge in [0, 0.05) is 29.2 Å². The van der Waals surface area contributed by atoms with Gasteiger partial charge in [-0.05, 0) is 48.4 Å². The van der Waals surface area contributed by atoms with Gasteiger partial charge in [-0.2, -0.15) is 4.98 Å². The molecule has 0 aliphatic heterocycles. The first kappa shape index (κ1) is 27.6. The number of rotatable bonds is 12. The summed E-state index contributed by atoms with van der Waals surface area (Å²) in [6.07, 6.45) is 0.948. The van der Waals surface area contributed by atoms with Crippen molar-refractivity contribution < 1.29 is 23.7 Å². The standard InChI is InChI=1S/C34H32N2O5/c1-3-39-33(37)14-9-19-40-29-18-17-25-20-27(16-15-26(25)21-29)34-35-30(24-10-5-4-6-11-24)22-32(36-34)41-23-28-12-7-8-13-31(28)38-2/h4-8,10-13,15-18,20-22H,3,9,14,19,23H2,1-2H3. The Bertz CT molecular complexity index is 1620. The predicted octanol–water partition coefficient (Wildman–Crippen LogP) is 7.27. The SMILES string of the molecule is CCOC(=O)CCCOc1ccc2cc(-c3nc(OCc4ccccc4OC)cc(-c4ccccc4)n3)ccc2c1. The number of hydrogen-bond acceptors (Lipinski definition) is 7. The van der Waals surface area contributed by atoms with Gasteiger partial charge in [0.25, 0.3) is 0 Å². The summed E-state index contributed by atoms with van der Waals surface area (Å²) in [6, 6.07) is 31.7. The molecule has 41 heavy (non-hydrogen) atoms. The fourth-order valence-electron chi connectivity index (χ4n) is 4.45. The highest BCUT2D eigenvalue weighted by molar-refractivity contribution is 5.87. The number of benzene rings is 4. The van der Waals surface area contributed by atoms with E-state index in [-0.39, 0.29) is 5.97 Å². The van der Waals surface area contributed by atoms with E-state index in [0.717, 1.165) is 44.7 Å². The normalized spacial score (nSPS) is 10.8. The molecule has 1 heterocycles. The lowest BCUT2D eigenvalue weighted by molar-refractivity contribution is -0.143. The summed E-state index contributed by atoms with van der Waals surface area (Å²) in [4.78, 5) is 21.2. The summed E-state index contributed by atoms with van der Waals surface area (Å²) < 4.78 is 22.5. The number of methoxy groups -OCH3 is 1. The molecule has 0 unspecified atom stereocenters. The van der Waals surface area contributed by atoms with Crippen molar-refractivity contribution in [2.75, 3.05) is 20.3 Å². The molecule has 4 aromatic carbocycles. The summed E-state index contributed by atoms with van der Waals surface area (Å²) >= 11 is 0. The third-order valence-corrected chi connectivity index (χ3v) is 6.51. The number of aromatic nitrogens is 2. The smallest absolute Gasteiger partial charge is 0.305 e. The Morgan fingerprint density at radius 3 is 2.39 bits per heavy atom. The zero-order valence-corrected chi connectivity index (χ0v) is 23.2. The summed E-state index contributed by atoms with van der Waals surface area (Å²) in [6.45, 7) is 2.96. The van der Waals surface area contributed by atoms with Crippen LogP contribution in [0.3, 0.4) is 0 Å². The van der Waals surface area contributed by atoms with Gasteiger partial charge >= 0.3 is 5.97 Å². The molecule has 5 rings (SSSR count). The molecule has 0 aliphatic carbocycles. The lowest BCUT2D eigenvalue weighted by Crippen LogP contribution is -2.06. The second kappa shape index (κ2) is 13.4. The Balaban J connectivity index is 1.38. The molecule has 0 bridgehead atoms. The van der Waals surface area contributed by atoms with Gasteiger partial charge < -0.3 is 18.9 Å². The summed E-state index contributed by atoms with van der Waals surface area (Å²) in [7, 11) is 1.65. The van der Waals surface area contributed by atoms with Crippen LogP contribution in [0, 0.1) is 0 Å². The van der Waals surface area contributed by atoms with Crippen molar-refractivity contribution in [1.82, 2.24) is 9.97 Å². The largest absolute Gasteiger partial charge is 0.496 e. The van der Waals surface area contributed by atoms with Crippen molar-refractivity contribution in [3.8, 4) is 40.0 Å². The maximum atomic E-state index is 11.5. The van der Waals surface area contributed by atoms with Gasteiger partial charge in [0.2, 0.25) is 5.88 Å². The van der Waals surface area contributed by atoms with Crippen LogP contribution in [0.15, 0.2) is 97.1 Å². The Morgan fingerprint density at radius 2 is 1.56 bits per heavy atom. The van der Waals surface area contributed by atoms with E-state index in [1.54, 1.807) is 14.0 Å². The van der Waals surface area contributed by atoms with Crippen LogP contribution in [0.5, 0.6) is 17.4 Å². The van der Waals surface area contributed by atoms with Crippen LogP contribution in [-0.4, -0.2) is 36.3 Å². The highest BCUT2D eigenvalue weighted by Crippen LogP contribution is 2.30. The fraction of sp³-hybridized carbons (Fsp3) is 0.206. The molecule has 0 spiro atoms. The Kier molecular flexibility index (Phi) is 9.06. The number of nitrogens with zero attached hydrogens (tertiary/aromatic N) is 2. The van der Waals surface area contributed by atoms with E-state index < -0.39 is 0 Å². The number of carbonyl (C=O) groups is 1. The minimum absolute atomic E-state index is 0.200. The molecule has 208 valence electrons. The van der Waals surface area contributed by atoms with E-state index >= 15 is 0 Å². The zero-order chi connectivity index (χ0) is 28.4. The van der Waals surface area contributed by atoms with Crippen molar-refractivity contribution in [1.29, 1.82) is 0 Å². The van der Waals surface area contributed by atoms with Gasteiger partial charge in [-0.3, -0.25) is 4.79 Å². The first-order chi connectivity index (χ1) is 20.1. The molecule has 0 atom stereocenters. The van der Waals surface area contributed by atoms with Crippen molar-refractivity contribution >= 4 is 16.7 Å². The van der Waals surface area contributed by atoms with E-state index in [2.05, 4.69) is 6.07 Å². The van der Waals surface area contributed by atoms with Gasteiger partial charge in [-0.1, -0.05) is 66.7 Å². The number of esters is 1. The van der Waals surface area contributed by atoms with E-state index in [9.17, 15) is 4.79 Å². The number of carbonyl (C=O) groups excluding carboxylic acids is 1. The average molecular weight is 549 g/mol. The summed E-state index contributed by atoms with van der Waals surface area (Å²) in [5.74, 6) is 2.37. The Morgan fingerprint density at radius 1 is 0.780 bits per heavy atom. The molecular weight excluding hydrogens is 516 g/mol. The quantitative estimate of drug-likeness (QED) is 0.120. The van der Waals surface area contributed by atoms with Gasteiger partial charge in [0.15, 0.2) is 5.82 Å². The molecule has 0 amide bonds. The lowest BCUT2D eigenvalue weighted by Gasteiger charge is -2.12. The predicted molar refractivity (Wildman–Crippen MR) is 159 cm³/mol. The second-order valence-corrected chi connectivity index (χ2v) is 9.36. The molecule has 0 saturated carbocycles. The molecular formula is C34H32N2O5. The van der Waals surface area contributed by atoms with E-state index in [0.29, 0.717) is 44.4 Å². The average Bonchev–Trinajstić information content (AvgIpc) is 3.02. The minimum atomic E-state index is -0.200. The molecule has 0 N–H and O–H groups in total. The number of ether oxygens (including phenoxy) is 4. The molecule has 0 radical (unpaired) electrons. The lowest BCUT2D eigenvalue weighted by atomic mass is 10.1. The van der Waals surface area contributed by atoms with Crippen molar-refractivity contribution in [3.05, 3.63) is 103 Å². The van der Waals surface area contributed by atoms with Gasteiger partial charge in [-0.15, -0.1) is 0 Å². The second-order valence-electron chi connectivity index (χ2n) is 9.36. The van der Waals surface area contributed by atoms with Gasteiger partial charge in [0.05, 0.1) is 26.0 Å². The van der Waals surface area contributed by atoms with E-state index in [4.69, 9.17) is 28.9 Å². The van der Waals surface area contributed by atoms with Crippen LogP contribution < -0.4 is 14.2 Å². The molecule has 0 aliphatic rings. The Hall–Kier alpha value is -4.91. The van der Waals surface area contributed by atoms with Gasteiger partial charge in [0.1, 0.15) is 18.1 Å². The van der Waals surface area contributed by atoms with E-state index in [1.165, 1.54) is 0 Å². The maximum absolute atomic E-state index is 11.5. The van der Waals surface area contributed by atoms with Crippen LogP contribution in [0.4, 0.5) is 0 Å². The van der Waals surface area contributed by atoms with Crippen LogP contribution >= 0.6 is 0 Å². The van der Waals surface area contributed by atoms with Crippen LogP contribution in [0.25, 0.3) is 33.4 Å². The number of fused-ring (bicyclic) bond motifs is 1. The van der Waals surface area contributed by atoms with Crippen LogP contribution in [0.2, 0.25) is 0 Å². The molecule has 0 saturated heterocycles. The third-order valence-electron chi connectivity index (χ3n) is 6.51. The van der Waals surface area contributed by atoms with Crippen molar-refractivity contribution in [3.63, 3.8) is 0 Å². The fourth-order valence-corrected chi connectivity index (χ4v) is 4.45. The third kappa shape index (κ3) is 7.19. The first-order valence-corrected chi connectivity index (χ1v) is 13.6. The Labute approximate surface area is 239 Å². The highest BCUT2D eigenvalue weighted by atomic mass is 16.5. The van der Waals surface area contributed by atoms with Crippen molar-refractivity contribution in [2.24, 2.45) is 0 Å². The van der Waals surface area contributed by atoms with Crippen molar-refractivity contribution in [2.45, 2.75) is 26.4 Å². The maximum Gasteiger partial charge on any atom is 0.305 e. The highest BCUT2D eigenvalue weighted by Gasteiger charge is 2.12. The van der Waals surface area contributed by atoms with Gasteiger partial charge in [-0.25, -0.2) is 4.98 Å². The monoisotopic (exact) mass is 548 g/mol. The first-order valence-electron chi connectivity index (χ1n) is 13.6. The molecule has 0 fully saturated rings. The minimum Gasteiger partial charge on any atom is -0.496 e. The topological polar surface area (TPSA) is 79.8 Å². The van der Waals surface area contributed by atoms with Crippen LogP contribution in [0.1, 0.15) is 25.3 Å². The number of para-hydroxylation sites is 1. The van der Waals surface area contributed by atoms with E-state index in [1.807, 2.05) is 91.0 Å². The summed E-state index contributed by atoms with van der Waals surface area (Å²) in [5, 5.41) is 2.06. The molecule has 1 aromatic heterocycles.